The Labute approximate surface area is 171 Å². The summed E-state index contributed by atoms with van der Waals surface area (Å²) in [6, 6.07) is 12.0. The number of halogens is 2. The average Bonchev–Trinajstić information content (AvgIpc) is 2.70. The van der Waals surface area contributed by atoms with E-state index < -0.39 is 5.60 Å². The molecule has 0 amide bonds. The van der Waals surface area contributed by atoms with E-state index >= 15 is 0 Å². The van der Waals surface area contributed by atoms with Crippen LogP contribution in [0.3, 0.4) is 0 Å². The molecule has 1 saturated heterocycles. The summed E-state index contributed by atoms with van der Waals surface area (Å²) in [5.74, 6) is -0.190. The summed E-state index contributed by atoms with van der Waals surface area (Å²) in [4.78, 5) is 14.7. The maximum absolute atomic E-state index is 13.6. The van der Waals surface area contributed by atoms with Gasteiger partial charge in [0.1, 0.15) is 5.82 Å². The van der Waals surface area contributed by atoms with Crippen molar-refractivity contribution >= 4 is 17.4 Å². The van der Waals surface area contributed by atoms with E-state index in [0.717, 1.165) is 31.6 Å². The van der Waals surface area contributed by atoms with Crippen molar-refractivity contribution in [2.45, 2.75) is 44.6 Å². The number of carbonyl (C=O) groups is 1. The first-order chi connectivity index (χ1) is 13.4. The number of benzene rings is 2. The lowest BCUT2D eigenvalue weighted by Crippen LogP contribution is -2.42. The number of hydrogen-bond donors (Lipinski definition) is 1. The summed E-state index contributed by atoms with van der Waals surface area (Å²) in [5.41, 5.74) is 1.29. The number of Topliss-reactive ketones (excluding diaryl/α,β-unsaturated/α-hetero) is 1. The molecule has 1 heterocycles. The highest BCUT2D eigenvalue weighted by Crippen LogP contribution is 2.33. The number of hydrogen-bond acceptors (Lipinski definition) is 3. The van der Waals surface area contributed by atoms with Gasteiger partial charge in [-0.05, 0) is 73.7 Å². The zero-order valence-corrected chi connectivity index (χ0v) is 17.0. The summed E-state index contributed by atoms with van der Waals surface area (Å²) in [5, 5.41) is 11.6. The van der Waals surface area contributed by atoms with Crippen molar-refractivity contribution < 1.29 is 14.3 Å². The van der Waals surface area contributed by atoms with Crippen molar-refractivity contribution in [2.75, 3.05) is 19.6 Å². The maximum Gasteiger partial charge on any atom is 0.162 e. The standard InChI is InChI=1S/C23H27ClFNO2/c1-2-17-16-18(5-10-21(17)25)22(27)4-3-13-26-14-11-23(28,12-15-26)19-6-8-20(24)9-7-19/h5-10,16,28H,2-4,11-15H2,1H3. The second kappa shape index (κ2) is 9.17. The number of rotatable bonds is 7. The van der Waals surface area contributed by atoms with Crippen LogP contribution < -0.4 is 0 Å². The number of ketones is 1. The fraction of sp³-hybridized carbons (Fsp3) is 0.435. The molecule has 1 aliphatic heterocycles. The van der Waals surface area contributed by atoms with Gasteiger partial charge in [0, 0.05) is 30.1 Å². The normalized spacial score (nSPS) is 16.9. The smallest absolute Gasteiger partial charge is 0.162 e. The molecule has 0 spiro atoms. The number of nitrogens with zero attached hydrogens (tertiary/aromatic N) is 1. The second-order valence-corrected chi connectivity index (χ2v) is 8.00. The van der Waals surface area contributed by atoms with Gasteiger partial charge in [0.2, 0.25) is 0 Å². The molecule has 3 rings (SSSR count). The molecule has 1 fully saturated rings. The number of piperidine rings is 1. The van der Waals surface area contributed by atoms with Gasteiger partial charge in [0.05, 0.1) is 5.60 Å². The Hall–Kier alpha value is -1.75. The number of aliphatic hydroxyl groups is 1. The first kappa shape index (κ1) is 21.0. The van der Waals surface area contributed by atoms with E-state index in [2.05, 4.69) is 4.90 Å². The van der Waals surface area contributed by atoms with E-state index in [9.17, 15) is 14.3 Å². The Morgan fingerprint density at radius 3 is 2.50 bits per heavy atom. The summed E-state index contributed by atoms with van der Waals surface area (Å²) in [6.07, 6.45) is 3.13. The van der Waals surface area contributed by atoms with Gasteiger partial charge in [-0.25, -0.2) is 4.39 Å². The lowest BCUT2D eigenvalue weighted by molar-refractivity contribution is -0.0260. The van der Waals surface area contributed by atoms with Crippen molar-refractivity contribution in [3.8, 4) is 0 Å². The van der Waals surface area contributed by atoms with Gasteiger partial charge in [-0.2, -0.15) is 0 Å². The van der Waals surface area contributed by atoms with Crippen LogP contribution in [0.25, 0.3) is 0 Å². The third-order valence-electron chi connectivity index (χ3n) is 5.69. The second-order valence-electron chi connectivity index (χ2n) is 7.57. The quantitative estimate of drug-likeness (QED) is 0.662. The number of carbonyl (C=O) groups excluding carboxylic acids is 1. The molecule has 0 saturated carbocycles. The van der Waals surface area contributed by atoms with Gasteiger partial charge in [0.25, 0.3) is 0 Å². The summed E-state index contributed by atoms with van der Waals surface area (Å²) in [7, 11) is 0. The van der Waals surface area contributed by atoms with Crippen LogP contribution in [-0.4, -0.2) is 35.4 Å². The molecule has 0 atom stereocenters. The Morgan fingerprint density at radius 1 is 1.18 bits per heavy atom. The van der Waals surface area contributed by atoms with Gasteiger partial charge in [-0.15, -0.1) is 0 Å². The van der Waals surface area contributed by atoms with E-state index in [1.807, 2.05) is 31.2 Å². The number of aryl methyl sites for hydroxylation is 1. The molecule has 2 aromatic rings. The van der Waals surface area contributed by atoms with Gasteiger partial charge in [0.15, 0.2) is 5.78 Å². The molecular formula is C23H27ClFNO2. The summed E-state index contributed by atoms with van der Waals surface area (Å²) in [6.45, 7) is 4.30. The van der Waals surface area contributed by atoms with Crippen molar-refractivity contribution in [1.82, 2.24) is 4.90 Å². The molecule has 3 nitrogen and oxygen atoms in total. The zero-order chi connectivity index (χ0) is 20.1. The fourth-order valence-electron chi connectivity index (χ4n) is 3.82. The van der Waals surface area contributed by atoms with E-state index in [0.29, 0.717) is 41.8 Å². The van der Waals surface area contributed by atoms with E-state index in [1.54, 1.807) is 12.1 Å². The molecule has 0 aromatic heterocycles. The molecule has 0 aliphatic carbocycles. The van der Waals surface area contributed by atoms with Gasteiger partial charge in [-0.3, -0.25) is 4.79 Å². The first-order valence-corrected chi connectivity index (χ1v) is 10.3. The van der Waals surface area contributed by atoms with Crippen molar-refractivity contribution in [3.05, 3.63) is 70.0 Å². The highest BCUT2D eigenvalue weighted by Gasteiger charge is 2.33. The predicted molar refractivity (Wildman–Crippen MR) is 110 cm³/mol. The predicted octanol–water partition coefficient (Wildman–Crippen LogP) is 4.99. The minimum atomic E-state index is -0.804. The highest BCUT2D eigenvalue weighted by molar-refractivity contribution is 6.30. The summed E-state index contributed by atoms with van der Waals surface area (Å²) < 4.78 is 13.6. The van der Waals surface area contributed by atoms with E-state index in [1.165, 1.54) is 6.07 Å². The van der Waals surface area contributed by atoms with Crippen LogP contribution in [0.5, 0.6) is 0 Å². The molecule has 0 unspecified atom stereocenters. The topological polar surface area (TPSA) is 40.5 Å². The molecule has 0 bridgehead atoms. The molecular weight excluding hydrogens is 377 g/mol. The Kier molecular flexibility index (Phi) is 6.86. The van der Waals surface area contributed by atoms with Gasteiger partial charge < -0.3 is 10.0 Å². The van der Waals surface area contributed by atoms with E-state index in [-0.39, 0.29) is 11.6 Å². The fourth-order valence-corrected chi connectivity index (χ4v) is 3.95. The third kappa shape index (κ3) is 4.99. The lowest BCUT2D eigenvalue weighted by Gasteiger charge is -2.38. The molecule has 2 aromatic carbocycles. The minimum absolute atomic E-state index is 0.0596. The summed E-state index contributed by atoms with van der Waals surface area (Å²) >= 11 is 5.93. The van der Waals surface area contributed by atoms with Crippen LogP contribution >= 0.6 is 11.6 Å². The lowest BCUT2D eigenvalue weighted by atomic mass is 9.84. The number of likely N-dealkylation sites (tertiary alicyclic amines) is 1. The third-order valence-corrected chi connectivity index (χ3v) is 5.94. The molecule has 1 aliphatic rings. The monoisotopic (exact) mass is 403 g/mol. The molecule has 150 valence electrons. The van der Waals surface area contributed by atoms with Crippen LogP contribution in [0.15, 0.2) is 42.5 Å². The van der Waals surface area contributed by atoms with Crippen molar-refractivity contribution in [2.24, 2.45) is 0 Å². The van der Waals surface area contributed by atoms with Crippen LogP contribution in [-0.2, 0) is 12.0 Å². The minimum Gasteiger partial charge on any atom is -0.385 e. The molecule has 0 radical (unpaired) electrons. The molecule has 28 heavy (non-hydrogen) atoms. The first-order valence-electron chi connectivity index (χ1n) is 9.94. The van der Waals surface area contributed by atoms with Crippen LogP contribution in [0.4, 0.5) is 4.39 Å². The maximum atomic E-state index is 13.6. The van der Waals surface area contributed by atoms with Crippen LogP contribution in [0.2, 0.25) is 5.02 Å². The SMILES string of the molecule is CCc1cc(C(=O)CCCN2CCC(O)(c3ccc(Cl)cc3)CC2)ccc1F. The van der Waals surface area contributed by atoms with Crippen molar-refractivity contribution in [3.63, 3.8) is 0 Å². The highest BCUT2D eigenvalue weighted by atomic mass is 35.5. The van der Waals surface area contributed by atoms with Crippen molar-refractivity contribution in [1.29, 1.82) is 0 Å². The Balaban J connectivity index is 1.46. The zero-order valence-electron chi connectivity index (χ0n) is 16.3. The largest absolute Gasteiger partial charge is 0.385 e. The van der Waals surface area contributed by atoms with Gasteiger partial charge >= 0.3 is 0 Å². The molecule has 5 heteroatoms. The molecule has 1 N–H and O–H groups in total. The Morgan fingerprint density at radius 2 is 1.86 bits per heavy atom. The van der Waals surface area contributed by atoms with Gasteiger partial charge in [-0.1, -0.05) is 30.7 Å². The van der Waals surface area contributed by atoms with Crippen LogP contribution in [0.1, 0.15) is 54.1 Å². The van der Waals surface area contributed by atoms with E-state index in [4.69, 9.17) is 11.6 Å². The van der Waals surface area contributed by atoms with Crippen LogP contribution in [0, 0.1) is 5.82 Å². The average molecular weight is 404 g/mol. The Bertz CT molecular complexity index is 814.